The van der Waals surface area contributed by atoms with E-state index in [0.717, 1.165) is 0 Å². The van der Waals surface area contributed by atoms with Gasteiger partial charge in [-0.05, 0) is 48.5 Å². The lowest BCUT2D eigenvalue weighted by Gasteiger charge is -2.24. The summed E-state index contributed by atoms with van der Waals surface area (Å²) >= 11 is 0. The molecule has 1 fully saturated rings. The van der Waals surface area contributed by atoms with Crippen LogP contribution in [0.5, 0.6) is 5.75 Å². The molecule has 0 unspecified atom stereocenters. The Hall–Kier alpha value is -5.55. The Morgan fingerprint density at radius 1 is 0.651 bits per heavy atom. The number of carbonyl (C=O) groups is 3. The van der Waals surface area contributed by atoms with Gasteiger partial charge in [-0.15, -0.1) is 0 Å². The summed E-state index contributed by atoms with van der Waals surface area (Å²) in [7, 11) is 0. The molecule has 4 atom stereocenters. The summed E-state index contributed by atoms with van der Waals surface area (Å²) in [6.07, 6.45) is -5.05. The van der Waals surface area contributed by atoms with Crippen LogP contribution in [-0.4, -0.2) is 54.0 Å². The number of esters is 3. The number of nitrogens with zero attached hydrogens (tertiary/aromatic N) is 1. The zero-order valence-electron chi connectivity index (χ0n) is 22.5. The molecule has 0 saturated carbocycles. The fourth-order valence-electron chi connectivity index (χ4n) is 4.32. The average molecular weight is 584 g/mol. The van der Waals surface area contributed by atoms with Crippen molar-refractivity contribution in [2.75, 3.05) is 6.61 Å². The van der Waals surface area contributed by atoms with Crippen molar-refractivity contribution >= 4 is 23.6 Å². The molecule has 1 aliphatic heterocycles. The highest BCUT2D eigenvalue weighted by atomic mass is 16.7. The van der Waals surface area contributed by atoms with E-state index < -0.39 is 47.4 Å². The molecule has 0 spiro atoms. The van der Waals surface area contributed by atoms with Crippen molar-refractivity contribution in [1.82, 2.24) is 0 Å². The first-order valence-electron chi connectivity index (χ1n) is 13.2. The van der Waals surface area contributed by atoms with Crippen LogP contribution in [0, 0.1) is 10.1 Å². The first-order chi connectivity index (χ1) is 20.9. The van der Waals surface area contributed by atoms with Crippen molar-refractivity contribution in [2.45, 2.75) is 24.6 Å². The molecule has 1 heterocycles. The smallest absolute Gasteiger partial charge is 0.338 e. The molecule has 0 bridgehead atoms. The van der Waals surface area contributed by atoms with Crippen LogP contribution in [-0.2, 0) is 18.9 Å². The number of carbonyl (C=O) groups excluding carboxylic acids is 3. The molecule has 0 N–H and O–H groups in total. The summed E-state index contributed by atoms with van der Waals surface area (Å²) in [4.78, 5) is 49.5. The minimum atomic E-state index is -1.34. The zero-order chi connectivity index (χ0) is 30.2. The topological polar surface area (TPSA) is 141 Å². The lowest BCUT2D eigenvalue weighted by Crippen LogP contribution is -2.43. The first kappa shape index (κ1) is 29.0. The summed E-state index contributed by atoms with van der Waals surface area (Å²) in [5.74, 6) is -1.96. The number of non-ortho nitro benzene ring substituents is 1. The van der Waals surface area contributed by atoms with E-state index >= 15 is 0 Å². The third-order valence-electron chi connectivity index (χ3n) is 6.46. The van der Waals surface area contributed by atoms with Crippen LogP contribution in [0.25, 0.3) is 0 Å². The van der Waals surface area contributed by atoms with Gasteiger partial charge in [-0.3, -0.25) is 10.1 Å². The van der Waals surface area contributed by atoms with Gasteiger partial charge in [-0.1, -0.05) is 54.6 Å². The minimum Gasteiger partial charge on any atom is -0.461 e. The van der Waals surface area contributed by atoms with Crippen LogP contribution in [0.4, 0.5) is 5.69 Å². The first-order valence-corrected chi connectivity index (χ1v) is 13.2. The van der Waals surface area contributed by atoms with Crippen LogP contribution >= 0.6 is 0 Å². The molecule has 11 nitrogen and oxygen atoms in total. The zero-order valence-corrected chi connectivity index (χ0v) is 22.5. The van der Waals surface area contributed by atoms with Gasteiger partial charge in [0, 0.05) is 12.1 Å². The maximum absolute atomic E-state index is 13.1. The summed E-state index contributed by atoms with van der Waals surface area (Å²) in [5, 5.41) is 11.1. The number of hydrogen-bond acceptors (Lipinski definition) is 10. The van der Waals surface area contributed by atoms with Gasteiger partial charge in [-0.25, -0.2) is 14.4 Å². The Morgan fingerprint density at radius 2 is 1.12 bits per heavy atom. The quantitative estimate of drug-likeness (QED) is 0.108. The average Bonchev–Trinajstić information content (AvgIpc) is 3.35. The van der Waals surface area contributed by atoms with E-state index in [1.807, 2.05) is 0 Å². The number of hydrogen-bond donors (Lipinski definition) is 0. The van der Waals surface area contributed by atoms with Gasteiger partial charge in [0.2, 0.25) is 12.4 Å². The number of nitro benzene ring substituents is 1. The fourth-order valence-corrected chi connectivity index (χ4v) is 4.32. The van der Waals surface area contributed by atoms with E-state index in [9.17, 15) is 24.5 Å². The molecule has 11 heteroatoms. The van der Waals surface area contributed by atoms with Gasteiger partial charge in [0.05, 0.1) is 21.6 Å². The van der Waals surface area contributed by atoms with Crippen molar-refractivity contribution in [1.29, 1.82) is 0 Å². The predicted octanol–water partition coefficient (Wildman–Crippen LogP) is 5.01. The molecule has 4 aromatic carbocycles. The Balaban J connectivity index is 1.44. The molecule has 0 radical (unpaired) electrons. The second kappa shape index (κ2) is 13.4. The van der Waals surface area contributed by atoms with E-state index in [1.165, 1.54) is 24.3 Å². The van der Waals surface area contributed by atoms with Crippen molar-refractivity contribution in [3.8, 4) is 5.75 Å². The molecular formula is C32H25NO10. The second-order valence-electron chi connectivity index (χ2n) is 9.35. The van der Waals surface area contributed by atoms with Crippen molar-refractivity contribution < 1.29 is 43.0 Å². The van der Waals surface area contributed by atoms with Crippen LogP contribution in [0.3, 0.4) is 0 Å². The number of rotatable bonds is 10. The van der Waals surface area contributed by atoms with E-state index in [-0.39, 0.29) is 29.2 Å². The Bertz CT molecular complexity index is 1560. The van der Waals surface area contributed by atoms with Gasteiger partial charge in [-0.2, -0.15) is 0 Å². The molecule has 0 aliphatic carbocycles. The number of nitro groups is 1. The van der Waals surface area contributed by atoms with Gasteiger partial charge >= 0.3 is 17.9 Å². The Kier molecular flexibility index (Phi) is 9.03. The molecule has 43 heavy (non-hydrogen) atoms. The third kappa shape index (κ3) is 7.21. The highest BCUT2D eigenvalue weighted by Crippen LogP contribution is 2.31. The van der Waals surface area contributed by atoms with Gasteiger partial charge in [0.1, 0.15) is 18.5 Å². The summed E-state index contributed by atoms with van der Waals surface area (Å²) in [6, 6.07) is 29.8. The largest absolute Gasteiger partial charge is 0.461 e. The fraction of sp³-hybridized carbons (Fsp3) is 0.156. The van der Waals surface area contributed by atoms with E-state index in [1.54, 1.807) is 91.0 Å². The lowest BCUT2D eigenvalue weighted by molar-refractivity contribution is -0.384. The summed E-state index contributed by atoms with van der Waals surface area (Å²) < 4.78 is 29.1. The molecular weight excluding hydrogens is 558 g/mol. The maximum Gasteiger partial charge on any atom is 0.338 e. The van der Waals surface area contributed by atoms with Crippen molar-refractivity contribution in [2.24, 2.45) is 0 Å². The molecule has 1 saturated heterocycles. The van der Waals surface area contributed by atoms with Gasteiger partial charge in [0.25, 0.3) is 5.69 Å². The SMILES string of the molecule is O=C(OC[C@H]1O[C@H](Oc2ccc([N+](=O)[O-])cc2)[C@H](OC(=O)c2ccccc2)[C@@H]1OC(=O)c1ccccc1)c1ccccc1. The summed E-state index contributed by atoms with van der Waals surface area (Å²) in [5.41, 5.74) is 0.593. The molecule has 5 rings (SSSR count). The standard InChI is InChI=1S/C32H25NO10/c34-29(21-10-4-1-5-11-21)39-20-26-27(42-30(35)22-12-6-2-7-13-22)28(43-31(36)23-14-8-3-9-15-23)32(41-26)40-25-18-16-24(17-19-25)33(37)38/h1-19,26-28,32H,20H2/t26-,27-,28-,32+/m1/s1. The molecule has 4 aromatic rings. The highest BCUT2D eigenvalue weighted by molar-refractivity contribution is 5.91. The van der Waals surface area contributed by atoms with Gasteiger partial charge < -0.3 is 23.7 Å². The minimum absolute atomic E-state index is 0.159. The van der Waals surface area contributed by atoms with Gasteiger partial charge in [0.15, 0.2) is 6.10 Å². The number of ether oxygens (including phenoxy) is 5. The monoisotopic (exact) mass is 583 g/mol. The van der Waals surface area contributed by atoms with Crippen molar-refractivity contribution in [3.63, 3.8) is 0 Å². The van der Waals surface area contributed by atoms with Crippen LogP contribution in [0.2, 0.25) is 0 Å². The molecule has 0 aromatic heterocycles. The Labute approximate surface area is 245 Å². The maximum atomic E-state index is 13.1. The predicted molar refractivity (Wildman–Crippen MR) is 150 cm³/mol. The third-order valence-corrected chi connectivity index (χ3v) is 6.46. The second-order valence-corrected chi connectivity index (χ2v) is 9.35. The molecule has 1 aliphatic rings. The van der Waals surface area contributed by atoms with Crippen LogP contribution < -0.4 is 4.74 Å². The summed E-state index contributed by atoms with van der Waals surface area (Å²) in [6.45, 7) is -0.375. The molecule has 0 amide bonds. The highest BCUT2D eigenvalue weighted by Gasteiger charge is 2.52. The van der Waals surface area contributed by atoms with Crippen LogP contribution in [0.15, 0.2) is 115 Å². The number of benzene rings is 4. The molecule has 218 valence electrons. The van der Waals surface area contributed by atoms with E-state index in [2.05, 4.69) is 0 Å². The Morgan fingerprint density at radius 3 is 1.60 bits per heavy atom. The lowest BCUT2D eigenvalue weighted by atomic mass is 10.1. The van der Waals surface area contributed by atoms with Crippen molar-refractivity contribution in [3.05, 3.63) is 142 Å². The van der Waals surface area contributed by atoms with E-state index in [4.69, 9.17) is 23.7 Å². The normalized spacial score (nSPS) is 19.2. The van der Waals surface area contributed by atoms with E-state index in [0.29, 0.717) is 5.56 Å². The van der Waals surface area contributed by atoms with Crippen LogP contribution in [0.1, 0.15) is 31.1 Å².